The zero-order chi connectivity index (χ0) is 10.7. The van der Waals surface area contributed by atoms with E-state index in [1.807, 2.05) is 0 Å². The molecule has 0 atom stereocenters. The van der Waals surface area contributed by atoms with Crippen LogP contribution in [-0.4, -0.2) is 16.8 Å². The molecule has 1 aromatic rings. The van der Waals surface area contributed by atoms with Gasteiger partial charge in [-0.1, -0.05) is 0 Å². The maximum absolute atomic E-state index is 11.0. The Bertz CT molecular complexity index is 385. The molecule has 0 spiro atoms. The Hall–Kier alpha value is -1.84. The van der Waals surface area contributed by atoms with Gasteiger partial charge in [0.05, 0.1) is 0 Å². The largest absolute Gasteiger partial charge is 0.508 e. The summed E-state index contributed by atoms with van der Waals surface area (Å²) in [6.07, 6.45) is 0. The van der Waals surface area contributed by atoms with Gasteiger partial charge in [-0.2, -0.15) is 0 Å². The van der Waals surface area contributed by atoms with Crippen LogP contribution in [-0.2, 0) is 4.79 Å². The van der Waals surface area contributed by atoms with Gasteiger partial charge in [0.1, 0.15) is 5.75 Å². The van der Waals surface area contributed by atoms with Crippen LogP contribution >= 0.6 is 0 Å². The predicted molar refractivity (Wildman–Crippen MR) is 52.4 cm³/mol. The fourth-order valence-electron chi connectivity index (χ4n) is 1.09. The van der Waals surface area contributed by atoms with E-state index in [-0.39, 0.29) is 17.4 Å². The van der Waals surface area contributed by atoms with Gasteiger partial charge in [-0.05, 0) is 19.1 Å². The molecular weight excluding hydrogens is 182 g/mol. The summed E-state index contributed by atoms with van der Waals surface area (Å²) in [5.41, 5.74) is 0.788. The lowest BCUT2D eigenvalue weighted by Crippen LogP contribution is -2.06. The fourth-order valence-corrected chi connectivity index (χ4v) is 1.09. The molecule has 74 valence electrons. The molecule has 4 heteroatoms. The molecule has 4 nitrogen and oxygen atoms in total. The molecule has 0 saturated heterocycles. The third-order valence-corrected chi connectivity index (χ3v) is 1.64. The maximum atomic E-state index is 11.0. The highest BCUT2D eigenvalue weighted by atomic mass is 16.3. The minimum absolute atomic E-state index is 0.0403. The van der Waals surface area contributed by atoms with Gasteiger partial charge in [0.15, 0.2) is 5.78 Å². The lowest BCUT2D eigenvalue weighted by atomic mass is 10.1. The van der Waals surface area contributed by atoms with Crippen LogP contribution in [0.25, 0.3) is 0 Å². The van der Waals surface area contributed by atoms with E-state index in [0.717, 1.165) is 0 Å². The summed E-state index contributed by atoms with van der Waals surface area (Å²) in [6.45, 7) is 2.75. The van der Waals surface area contributed by atoms with Crippen LogP contribution < -0.4 is 5.32 Å². The molecule has 0 radical (unpaired) electrons. The molecule has 0 unspecified atom stereocenters. The van der Waals surface area contributed by atoms with E-state index in [9.17, 15) is 14.7 Å². The van der Waals surface area contributed by atoms with E-state index in [1.54, 1.807) is 0 Å². The molecular formula is C10H11NO3. The first-order valence-corrected chi connectivity index (χ1v) is 4.11. The number of ketones is 1. The first-order valence-electron chi connectivity index (χ1n) is 4.11. The lowest BCUT2D eigenvalue weighted by molar-refractivity contribution is -0.114. The molecule has 0 aliphatic heterocycles. The van der Waals surface area contributed by atoms with Crippen LogP contribution in [0, 0.1) is 0 Å². The topological polar surface area (TPSA) is 66.4 Å². The van der Waals surface area contributed by atoms with Gasteiger partial charge in [-0.25, -0.2) is 0 Å². The minimum atomic E-state index is -0.245. The number of Topliss-reactive ketones (excluding diaryl/α,β-unsaturated/α-hetero) is 1. The van der Waals surface area contributed by atoms with Crippen LogP contribution in [0.3, 0.4) is 0 Å². The van der Waals surface area contributed by atoms with Gasteiger partial charge in [0, 0.05) is 24.2 Å². The number of carbonyl (C=O) groups excluding carboxylic acids is 2. The van der Waals surface area contributed by atoms with Gasteiger partial charge in [0.2, 0.25) is 5.91 Å². The van der Waals surface area contributed by atoms with Crippen LogP contribution in [0.1, 0.15) is 24.2 Å². The number of phenolic OH excluding ortho intramolecular Hbond substituents is 1. The molecule has 1 aromatic carbocycles. The summed E-state index contributed by atoms with van der Waals surface area (Å²) in [6, 6.07) is 4.25. The SMILES string of the molecule is CC(=O)Nc1cc(O)cc(C(C)=O)c1. The molecule has 0 fully saturated rings. The van der Waals surface area contributed by atoms with Crippen LogP contribution in [0.5, 0.6) is 5.75 Å². The van der Waals surface area contributed by atoms with Crippen molar-refractivity contribution in [1.29, 1.82) is 0 Å². The number of phenols is 1. The number of aromatic hydroxyl groups is 1. The predicted octanol–water partition coefficient (Wildman–Crippen LogP) is 1.55. The van der Waals surface area contributed by atoms with E-state index >= 15 is 0 Å². The highest BCUT2D eigenvalue weighted by molar-refractivity contribution is 5.97. The number of carbonyl (C=O) groups is 2. The Morgan fingerprint density at radius 3 is 2.36 bits per heavy atom. The molecule has 0 aliphatic carbocycles. The van der Waals surface area contributed by atoms with Crippen LogP contribution in [0.2, 0.25) is 0 Å². The van der Waals surface area contributed by atoms with Crippen molar-refractivity contribution in [1.82, 2.24) is 0 Å². The first kappa shape index (κ1) is 10.2. The average molecular weight is 193 g/mol. The Morgan fingerprint density at radius 1 is 1.21 bits per heavy atom. The normalized spacial score (nSPS) is 9.57. The summed E-state index contributed by atoms with van der Waals surface area (Å²) in [4.78, 5) is 21.7. The average Bonchev–Trinajstić information content (AvgIpc) is 2.01. The van der Waals surface area contributed by atoms with E-state index in [2.05, 4.69) is 5.32 Å². The number of benzene rings is 1. The van der Waals surface area contributed by atoms with Gasteiger partial charge < -0.3 is 10.4 Å². The molecule has 1 amide bonds. The third kappa shape index (κ3) is 2.58. The van der Waals surface area contributed by atoms with Gasteiger partial charge in [-0.15, -0.1) is 0 Å². The van der Waals surface area contributed by atoms with Crippen molar-refractivity contribution in [3.05, 3.63) is 23.8 Å². The molecule has 14 heavy (non-hydrogen) atoms. The summed E-state index contributed by atoms with van der Waals surface area (Å²) in [5, 5.41) is 11.7. The zero-order valence-corrected chi connectivity index (χ0v) is 8.00. The van der Waals surface area contributed by atoms with Crippen molar-refractivity contribution in [3.8, 4) is 5.75 Å². The third-order valence-electron chi connectivity index (χ3n) is 1.64. The number of hydrogen-bond acceptors (Lipinski definition) is 3. The van der Waals surface area contributed by atoms with Gasteiger partial charge >= 0.3 is 0 Å². The smallest absolute Gasteiger partial charge is 0.221 e. The molecule has 2 N–H and O–H groups in total. The van der Waals surface area contributed by atoms with Crippen molar-refractivity contribution in [2.45, 2.75) is 13.8 Å². The molecule has 0 saturated carbocycles. The second-order valence-electron chi connectivity index (χ2n) is 3.01. The Balaban J connectivity index is 3.07. The number of nitrogens with one attached hydrogen (secondary N) is 1. The standard InChI is InChI=1S/C10H11NO3/c1-6(12)8-3-9(11-7(2)13)5-10(14)4-8/h3-5,14H,1-2H3,(H,11,13). The van der Waals surface area contributed by atoms with Crippen molar-refractivity contribution in [3.63, 3.8) is 0 Å². The highest BCUT2D eigenvalue weighted by Crippen LogP contribution is 2.19. The molecule has 0 heterocycles. The van der Waals surface area contributed by atoms with Crippen LogP contribution in [0.15, 0.2) is 18.2 Å². The quantitative estimate of drug-likeness (QED) is 0.700. The van der Waals surface area contributed by atoms with Crippen molar-refractivity contribution < 1.29 is 14.7 Å². The fraction of sp³-hybridized carbons (Fsp3) is 0.200. The van der Waals surface area contributed by atoms with Gasteiger partial charge in [-0.3, -0.25) is 9.59 Å². The molecule has 0 bridgehead atoms. The maximum Gasteiger partial charge on any atom is 0.221 e. The Labute approximate surface area is 81.6 Å². The number of anilines is 1. The second-order valence-corrected chi connectivity index (χ2v) is 3.01. The van der Waals surface area contributed by atoms with E-state index in [1.165, 1.54) is 32.0 Å². The summed E-state index contributed by atoms with van der Waals surface area (Å²) >= 11 is 0. The number of hydrogen-bond donors (Lipinski definition) is 2. The number of rotatable bonds is 2. The van der Waals surface area contributed by atoms with E-state index in [4.69, 9.17) is 0 Å². The summed E-state index contributed by atoms with van der Waals surface area (Å²) < 4.78 is 0. The number of amides is 1. The van der Waals surface area contributed by atoms with Crippen molar-refractivity contribution in [2.24, 2.45) is 0 Å². The highest BCUT2D eigenvalue weighted by Gasteiger charge is 2.04. The first-order chi connectivity index (χ1) is 6.49. The lowest BCUT2D eigenvalue weighted by Gasteiger charge is -2.04. The molecule has 1 rings (SSSR count). The monoisotopic (exact) mass is 193 g/mol. The summed E-state index contributed by atoms with van der Waals surface area (Å²) in [5.74, 6) is -0.445. The molecule has 0 aliphatic rings. The van der Waals surface area contributed by atoms with Crippen molar-refractivity contribution in [2.75, 3.05) is 5.32 Å². The van der Waals surface area contributed by atoms with Gasteiger partial charge in [0.25, 0.3) is 0 Å². The Morgan fingerprint density at radius 2 is 1.86 bits per heavy atom. The van der Waals surface area contributed by atoms with Crippen LogP contribution in [0.4, 0.5) is 5.69 Å². The van der Waals surface area contributed by atoms with E-state index in [0.29, 0.717) is 11.3 Å². The minimum Gasteiger partial charge on any atom is -0.508 e. The molecule has 0 aromatic heterocycles. The second kappa shape index (κ2) is 3.91. The Kier molecular flexibility index (Phi) is 2.86. The zero-order valence-electron chi connectivity index (χ0n) is 8.00. The van der Waals surface area contributed by atoms with Crippen molar-refractivity contribution >= 4 is 17.4 Å². The van der Waals surface area contributed by atoms with E-state index < -0.39 is 0 Å². The summed E-state index contributed by atoms with van der Waals surface area (Å²) in [7, 11) is 0.